The van der Waals surface area contributed by atoms with Gasteiger partial charge in [-0.2, -0.15) is 0 Å². The fourth-order valence-electron chi connectivity index (χ4n) is 1.45. The molecule has 0 amide bonds. The molecular formula is C8H12O3. The molecule has 0 unspecified atom stereocenters. The number of rotatable bonds is 1. The molecule has 0 spiro atoms. The Morgan fingerprint density at radius 2 is 2.27 bits per heavy atom. The monoisotopic (exact) mass is 156 g/mol. The highest BCUT2D eigenvalue weighted by Crippen LogP contribution is 2.25. The standard InChI is InChI=1S/C8H12O3/c1-5-2-3-7(9)6(4-5)8(10)11/h5-6H,2-4H2,1H3,(H,10,11)/t5-,6+/m1/s1. The Labute approximate surface area is 65.4 Å². The van der Waals surface area contributed by atoms with Gasteiger partial charge in [0, 0.05) is 6.42 Å². The van der Waals surface area contributed by atoms with E-state index < -0.39 is 11.9 Å². The molecule has 0 heterocycles. The van der Waals surface area contributed by atoms with E-state index in [9.17, 15) is 9.59 Å². The first-order chi connectivity index (χ1) is 5.11. The quantitative estimate of drug-likeness (QED) is 0.578. The summed E-state index contributed by atoms with van der Waals surface area (Å²) in [5.41, 5.74) is 0. The van der Waals surface area contributed by atoms with E-state index in [2.05, 4.69) is 0 Å². The van der Waals surface area contributed by atoms with E-state index in [0.29, 0.717) is 18.8 Å². The molecule has 0 aromatic heterocycles. The Morgan fingerprint density at radius 3 is 2.73 bits per heavy atom. The molecule has 1 aliphatic carbocycles. The number of aliphatic carboxylic acids is 1. The van der Waals surface area contributed by atoms with Crippen molar-refractivity contribution in [2.45, 2.75) is 26.2 Å². The first-order valence-corrected chi connectivity index (χ1v) is 3.86. The van der Waals surface area contributed by atoms with Crippen molar-refractivity contribution in [3.05, 3.63) is 0 Å². The molecule has 1 N–H and O–H groups in total. The Hall–Kier alpha value is -0.860. The molecule has 3 heteroatoms. The van der Waals surface area contributed by atoms with E-state index in [0.717, 1.165) is 6.42 Å². The number of ketones is 1. The van der Waals surface area contributed by atoms with Crippen molar-refractivity contribution in [2.75, 3.05) is 0 Å². The lowest BCUT2D eigenvalue weighted by molar-refractivity contribution is -0.148. The molecule has 1 rings (SSSR count). The predicted molar refractivity (Wildman–Crippen MR) is 39.1 cm³/mol. The summed E-state index contributed by atoms with van der Waals surface area (Å²) in [5, 5.41) is 8.61. The van der Waals surface area contributed by atoms with Crippen LogP contribution < -0.4 is 0 Å². The second-order valence-corrected chi connectivity index (χ2v) is 3.24. The maximum Gasteiger partial charge on any atom is 0.314 e. The molecule has 0 bridgehead atoms. The summed E-state index contributed by atoms with van der Waals surface area (Å²) in [5.74, 6) is -1.40. The number of carbonyl (C=O) groups excluding carboxylic acids is 1. The normalized spacial score (nSPS) is 31.9. The molecule has 11 heavy (non-hydrogen) atoms. The average Bonchev–Trinajstić information content (AvgIpc) is 1.94. The third-order valence-corrected chi connectivity index (χ3v) is 2.21. The lowest BCUT2D eigenvalue weighted by atomic mass is 9.81. The fraction of sp³-hybridized carbons (Fsp3) is 0.750. The Kier molecular flexibility index (Phi) is 2.27. The van der Waals surface area contributed by atoms with Crippen LogP contribution in [0.25, 0.3) is 0 Å². The molecule has 0 aromatic carbocycles. The number of hydrogen-bond donors (Lipinski definition) is 1. The van der Waals surface area contributed by atoms with Crippen molar-refractivity contribution >= 4 is 11.8 Å². The van der Waals surface area contributed by atoms with Crippen molar-refractivity contribution in [1.82, 2.24) is 0 Å². The van der Waals surface area contributed by atoms with E-state index in [1.165, 1.54) is 0 Å². The summed E-state index contributed by atoms with van der Waals surface area (Å²) >= 11 is 0. The maximum absolute atomic E-state index is 11.0. The van der Waals surface area contributed by atoms with Crippen LogP contribution in [0.15, 0.2) is 0 Å². The van der Waals surface area contributed by atoms with Crippen LogP contribution >= 0.6 is 0 Å². The fourth-order valence-corrected chi connectivity index (χ4v) is 1.45. The van der Waals surface area contributed by atoms with E-state index in [1.54, 1.807) is 0 Å². The van der Waals surface area contributed by atoms with Gasteiger partial charge >= 0.3 is 5.97 Å². The minimum Gasteiger partial charge on any atom is -0.481 e. The number of carboxylic acid groups (broad SMARTS) is 1. The van der Waals surface area contributed by atoms with Crippen LogP contribution in [0.4, 0.5) is 0 Å². The molecule has 0 saturated heterocycles. The van der Waals surface area contributed by atoms with Gasteiger partial charge in [-0.1, -0.05) is 6.92 Å². The first-order valence-electron chi connectivity index (χ1n) is 3.86. The van der Waals surface area contributed by atoms with Crippen molar-refractivity contribution < 1.29 is 14.7 Å². The van der Waals surface area contributed by atoms with Gasteiger partial charge in [0.05, 0.1) is 0 Å². The number of carboxylic acids is 1. The highest BCUT2D eigenvalue weighted by molar-refractivity contribution is 5.98. The molecule has 3 nitrogen and oxygen atoms in total. The van der Waals surface area contributed by atoms with Gasteiger partial charge in [-0.05, 0) is 18.8 Å². The lowest BCUT2D eigenvalue weighted by Gasteiger charge is -2.21. The largest absolute Gasteiger partial charge is 0.481 e. The number of Topliss-reactive ketones (excluding diaryl/α,β-unsaturated/α-hetero) is 1. The van der Waals surface area contributed by atoms with E-state index in [-0.39, 0.29) is 5.78 Å². The molecule has 1 fully saturated rings. The Morgan fingerprint density at radius 1 is 1.64 bits per heavy atom. The summed E-state index contributed by atoms with van der Waals surface area (Å²) in [4.78, 5) is 21.5. The average molecular weight is 156 g/mol. The zero-order valence-corrected chi connectivity index (χ0v) is 6.54. The lowest BCUT2D eigenvalue weighted by Crippen LogP contribution is -2.30. The molecule has 2 atom stereocenters. The second-order valence-electron chi connectivity index (χ2n) is 3.24. The van der Waals surface area contributed by atoms with Crippen LogP contribution in [0.5, 0.6) is 0 Å². The van der Waals surface area contributed by atoms with Crippen LogP contribution in [0.3, 0.4) is 0 Å². The van der Waals surface area contributed by atoms with Gasteiger partial charge in [0.15, 0.2) is 0 Å². The van der Waals surface area contributed by atoms with Crippen LogP contribution in [-0.2, 0) is 9.59 Å². The SMILES string of the molecule is C[C@@H]1CCC(=O)[C@@H](C(=O)O)C1. The van der Waals surface area contributed by atoms with Crippen molar-refractivity contribution in [3.8, 4) is 0 Å². The highest BCUT2D eigenvalue weighted by atomic mass is 16.4. The van der Waals surface area contributed by atoms with Crippen LogP contribution in [-0.4, -0.2) is 16.9 Å². The zero-order chi connectivity index (χ0) is 8.43. The smallest absolute Gasteiger partial charge is 0.314 e. The maximum atomic E-state index is 11.0. The Bertz CT molecular complexity index is 186. The minimum atomic E-state index is -0.957. The predicted octanol–water partition coefficient (Wildman–Crippen LogP) is 1.08. The summed E-state index contributed by atoms with van der Waals surface area (Å²) in [6, 6.07) is 0. The van der Waals surface area contributed by atoms with Gasteiger partial charge in [-0.25, -0.2) is 0 Å². The van der Waals surface area contributed by atoms with Crippen LogP contribution in [0, 0.1) is 11.8 Å². The summed E-state index contributed by atoms with van der Waals surface area (Å²) in [7, 11) is 0. The van der Waals surface area contributed by atoms with E-state index in [4.69, 9.17) is 5.11 Å². The highest BCUT2D eigenvalue weighted by Gasteiger charge is 2.31. The number of hydrogen-bond acceptors (Lipinski definition) is 2. The zero-order valence-electron chi connectivity index (χ0n) is 6.54. The summed E-state index contributed by atoms with van der Waals surface area (Å²) in [6.07, 6.45) is 1.81. The molecule has 1 aliphatic rings. The number of carbonyl (C=O) groups is 2. The molecule has 1 saturated carbocycles. The second kappa shape index (κ2) is 3.03. The Balaban J connectivity index is 2.61. The van der Waals surface area contributed by atoms with Gasteiger partial charge in [0.2, 0.25) is 0 Å². The van der Waals surface area contributed by atoms with E-state index >= 15 is 0 Å². The van der Waals surface area contributed by atoms with Crippen molar-refractivity contribution in [2.24, 2.45) is 11.8 Å². The molecule has 0 radical (unpaired) electrons. The topological polar surface area (TPSA) is 54.4 Å². The van der Waals surface area contributed by atoms with Crippen LogP contribution in [0.1, 0.15) is 26.2 Å². The molecule has 0 aromatic rings. The van der Waals surface area contributed by atoms with Gasteiger partial charge in [-0.15, -0.1) is 0 Å². The van der Waals surface area contributed by atoms with Gasteiger partial charge in [-0.3, -0.25) is 9.59 Å². The van der Waals surface area contributed by atoms with Gasteiger partial charge in [0.25, 0.3) is 0 Å². The third kappa shape index (κ3) is 1.79. The van der Waals surface area contributed by atoms with Crippen molar-refractivity contribution in [3.63, 3.8) is 0 Å². The molecule has 62 valence electrons. The third-order valence-electron chi connectivity index (χ3n) is 2.21. The van der Waals surface area contributed by atoms with E-state index in [1.807, 2.05) is 6.92 Å². The molecule has 0 aliphatic heterocycles. The van der Waals surface area contributed by atoms with Crippen LogP contribution in [0.2, 0.25) is 0 Å². The van der Waals surface area contributed by atoms with Crippen molar-refractivity contribution in [1.29, 1.82) is 0 Å². The first kappa shape index (κ1) is 8.24. The summed E-state index contributed by atoms with van der Waals surface area (Å²) in [6.45, 7) is 1.99. The molecular weight excluding hydrogens is 144 g/mol. The van der Waals surface area contributed by atoms with Gasteiger partial charge in [0.1, 0.15) is 11.7 Å². The minimum absolute atomic E-state index is 0.101. The summed E-state index contributed by atoms with van der Waals surface area (Å²) < 4.78 is 0. The van der Waals surface area contributed by atoms with Gasteiger partial charge < -0.3 is 5.11 Å².